The van der Waals surface area contributed by atoms with Gasteiger partial charge in [0.25, 0.3) is 11.5 Å². The molecule has 0 saturated heterocycles. The summed E-state index contributed by atoms with van der Waals surface area (Å²) < 4.78 is 7.76. The summed E-state index contributed by atoms with van der Waals surface area (Å²) in [5.74, 6) is 0.337. The number of allylic oxidation sites excluding steroid dienone is 1. The molecule has 1 aromatic heterocycles. The molecule has 192 valence electrons. The molecule has 0 bridgehead atoms. The van der Waals surface area contributed by atoms with E-state index in [-0.39, 0.29) is 17.2 Å². The number of carbonyl (C=O) groups excluding carboxylic acids is 1. The van der Waals surface area contributed by atoms with Crippen molar-refractivity contribution in [3.05, 3.63) is 117 Å². The minimum absolute atomic E-state index is 0.0339. The number of aromatic nitrogens is 1. The Hall–Kier alpha value is -3.41. The van der Waals surface area contributed by atoms with Gasteiger partial charge in [-0.25, -0.2) is 4.99 Å². The Kier molecular flexibility index (Phi) is 7.42. The van der Waals surface area contributed by atoms with Crippen LogP contribution in [0.1, 0.15) is 24.1 Å². The lowest BCUT2D eigenvalue weighted by molar-refractivity contribution is -0.113. The first kappa shape index (κ1) is 26.2. The van der Waals surface area contributed by atoms with E-state index in [9.17, 15) is 14.7 Å². The minimum atomic E-state index is -0.726. The Morgan fingerprint density at radius 2 is 1.89 bits per heavy atom. The zero-order valence-corrected chi connectivity index (χ0v) is 24.0. The molecule has 1 aliphatic rings. The highest BCUT2D eigenvalue weighted by atomic mass is 127. The maximum absolute atomic E-state index is 13.8. The van der Waals surface area contributed by atoms with Crippen LogP contribution in [0.25, 0.3) is 6.08 Å². The molecular weight excluding hydrogens is 637 g/mol. The predicted molar refractivity (Wildman–Crippen MR) is 158 cm³/mol. The van der Waals surface area contributed by atoms with Crippen LogP contribution in [0.4, 0.5) is 5.69 Å². The van der Waals surface area contributed by atoms with Crippen LogP contribution in [0.15, 0.2) is 87.8 Å². The van der Waals surface area contributed by atoms with E-state index in [2.05, 4.69) is 10.3 Å². The van der Waals surface area contributed by atoms with Gasteiger partial charge in [-0.2, -0.15) is 0 Å². The van der Waals surface area contributed by atoms with Crippen LogP contribution in [-0.4, -0.2) is 22.7 Å². The summed E-state index contributed by atoms with van der Waals surface area (Å²) in [6.45, 7) is 1.76. The number of nitrogens with zero attached hydrogens (tertiary/aromatic N) is 2. The first-order valence-electron chi connectivity index (χ1n) is 11.5. The third-order valence-corrected chi connectivity index (χ3v) is 8.10. The number of fused-ring (bicyclic) bond motifs is 1. The predicted octanol–water partition coefficient (Wildman–Crippen LogP) is 4.85. The number of ether oxygens (including phenoxy) is 1. The normalized spacial score (nSPS) is 15.2. The zero-order valence-electron chi connectivity index (χ0n) is 20.2. The fraction of sp³-hybridized carbons (Fsp3) is 0.107. The van der Waals surface area contributed by atoms with Crippen LogP contribution in [0.3, 0.4) is 0 Å². The van der Waals surface area contributed by atoms with Gasteiger partial charge in [0, 0.05) is 16.3 Å². The van der Waals surface area contributed by atoms with Crippen LogP contribution in [0.5, 0.6) is 11.5 Å². The van der Waals surface area contributed by atoms with Crippen LogP contribution in [0, 0.1) is 3.57 Å². The molecule has 10 heteroatoms. The lowest BCUT2D eigenvalue weighted by Crippen LogP contribution is -2.40. The molecule has 2 heterocycles. The second kappa shape index (κ2) is 10.8. The van der Waals surface area contributed by atoms with Gasteiger partial charge in [0.05, 0.1) is 32.5 Å². The number of hydrogen-bond donors (Lipinski definition) is 2. The minimum Gasteiger partial charge on any atom is -0.506 e. The molecule has 0 aliphatic carbocycles. The second-order valence-corrected chi connectivity index (χ2v) is 11.1. The molecule has 0 radical (unpaired) electrons. The van der Waals surface area contributed by atoms with Crippen LogP contribution < -0.4 is 24.9 Å². The van der Waals surface area contributed by atoms with E-state index in [4.69, 9.17) is 16.3 Å². The van der Waals surface area contributed by atoms with Crippen molar-refractivity contribution < 1.29 is 14.6 Å². The highest BCUT2D eigenvalue weighted by molar-refractivity contribution is 14.1. The Bertz CT molecular complexity index is 1760. The van der Waals surface area contributed by atoms with Crippen molar-refractivity contribution in [2.45, 2.75) is 13.0 Å². The summed E-state index contributed by atoms with van der Waals surface area (Å²) in [7, 11) is 1.58. The van der Waals surface area contributed by atoms with Gasteiger partial charge in [0.15, 0.2) is 4.80 Å². The number of para-hydroxylation sites is 1. The highest BCUT2D eigenvalue weighted by Crippen LogP contribution is 2.32. The van der Waals surface area contributed by atoms with Crippen molar-refractivity contribution in [1.29, 1.82) is 0 Å². The molecule has 3 aromatic carbocycles. The molecule has 5 rings (SSSR count). The van der Waals surface area contributed by atoms with Crippen LogP contribution >= 0.6 is 45.5 Å². The summed E-state index contributed by atoms with van der Waals surface area (Å²) in [5, 5.41) is 13.9. The lowest BCUT2D eigenvalue weighted by Gasteiger charge is -2.25. The summed E-state index contributed by atoms with van der Waals surface area (Å²) in [5.41, 5.74) is 2.32. The number of benzene rings is 3. The third-order valence-electron chi connectivity index (χ3n) is 6.07. The van der Waals surface area contributed by atoms with E-state index < -0.39 is 6.04 Å². The molecule has 0 saturated carbocycles. The number of halogens is 2. The zero-order chi connectivity index (χ0) is 27.0. The van der Waals surface area contributed by atoms with Crippen molar-refractivity contribution in [3.63, 3.8) is 0 Å². The number of carbonyl (C=O) groups is 1. The number of anilines is 1. The van der Waals surface area contributed by atoms with Gasteiger partial charge < -0.3 is 15.2 Å². The van der Waals surface area contributed by atoms with E-state index in [1.807, 2.05) is 52.9 Å². The molecule has 0 fully saturated rings. The van der Waals surface area contributed by atoms with E-state index in [0.717, 1.165) is 5.56 Å². The number of thiazole rings is 1. The maximum atomic E-state index is 13.8. The molecule has 38 heavy (non-hydrogen) atoms. The molecule has 2 N–H and O–H groups in total. The van der Waals surface area contributed by atoms with Crippen molar-refractivity contribution >= 4 is 63.2 Å². The van der Waals surface area contributed by atoms with Gasteiger partial charge in [0.2, 0.25) is 0 Å². The number of aromatic hydroxyl groups is 1. The van der Waals surface area contributed by atoms with Crippen molar-refractivity contribution in [1.82, 2.24) is 4.57 Å². The largest absolute Gasteiger partial charge is 0.506 e. The Morgan fingerprint density at radius 3 is 2.58 bits per heavy atom. The topological polar surface area (TPSA) is 92.9 Å². The molecular formula is C28H21ClIN3O4S. The highest BCUT2D eigenvalue weighted by Gasteiger charge is 2.32. The molecule has 0 unspecified atom stereocenters. The first-order chi connectivity index (χ1) is 18.3. The summed E-state index contributed by atoms with van der Waals surface area (Å²) in [6, 6.07) is 18.9. The third kappa shape index (κ3) is 5.01. The van der Waals surface area contributed by atoms with Crippen LogP contribution in [-0.2, 0) is 4.79 Å². The molecule has 1 atom stereocenters. The lowest BCUT2D eigenvalue weighted by atomic mass is 9.95. The molecule has 1 amide bonds. The van der Waals surface area contributed by atoms with Gasteiger partial charge in [-0.1, -0.05) is 53.3 Å². The van der Waals surface area contributed by atoms with Gasteiger partial charge >= 0.3 is 0 Å². The number of nitrogens with one attached hydrogen (secondary N) is 1. The van der Waals surface area contributed by atoms with E-state index in [0.29, 0.717) is 46.2 Å². The number of hydrogen-bond acceptors (Lipinski definition) is 6. The summed E-state index contributed by atoms with van der Waals surface area (Å²) >= 11 is 9.37. The van der Waals surface area contributed by atoms with Crippen molar-refractivity contribution in [3.8, 4) is 11.5 Å². The fourth-order valence-corrected chi connectivity index (χ4v) is 6.37. The summed E-state index contributed by atoms with van der Waals surface area (Å²) in [4.78, 5) is 32.5. The smallest absolute Gasteiger partial charge is 0.271 e. The van der Waals surface area contributed by atoms with E-state index >= 15 is 0 Å². The van der Waals surface area contributed by atoms with E-state index in [1.54, 1.807) is 56.5 Å². The standard InChI is InChI=1S/C28H21ClIN3O4S/c1-15-23(26(35)32-19-6-4-3-5-7-19)24(16-8-10-20(37-2)11-9-16)33-27(36)22(38-28(33)31-15)13-17-12-18(29)14-21(30)25(17)34/h3-14,24,34H,1-2H3,(H,32,35)/b22-13+/t24-/m0/s1. The fourth-order valence-electron chi connectivity index (χ4n) is 4.27. The number of methoxy groups -OCH3 is 1. The number of amides is 1. The molecule has 0 spiro atoms. The van der Waals surface area contributed by atoms with Gasteiger partial charge in [-0.3, -0.25) is 14.2 Å². The Balaban J connectivity index is 1.70. The molecule has 4 aromatic rings. The van der Waals surface area contributed by atoms with Gasteiger partial charge in [-0.15, -0.1) is 0 Å². The Morgan fingerprint density at radius 1 is 1.18 bits per heavy atom. The number of phenols is 1. The summed E-state index contributed by atoms with van der Waals surface area (Å²) in [6.07, 6.45) is 1.60. The quantitative estimate of drug-likeness (QED) is 0.301. The van der Waals surface area contributed by atoms with Gasteiger partial charge in [0.1, 0.15) is 11.5 Å². The Labute approximate surface area is 240 Å². The average molecular weight is 658 g/mol. The number of rotatable bonds is 5. The maximum Gasteiger partial charge on any atom is 0.271 e. The molecule has 7 nitrogen and oxygen atoms in total. The molecule has 1 aliphatic heterocycles. The van der Waals surface area contributed by atoms with Crippen molar-refractivity contribution in [2.24, 2.45) is 4.99 Å². The monoisotopic (exact) mass is 657 g/mol. The van der Waals surface area contributed by atoms with Crippen LogP contribution in [0.2, 0.25) is 5.02 Å². The number of phenolic OH excluding ortho intramolecular Hbond substituents is 1. The SMILES string of the molecule is COc1ccc([C@H]2C(C(=O)Nc3ccccc3)=C(C)N=c3s/c(=C/c4cc(Cl)cc(I)c4O)c(=O)n32)cc1. The van der Waals surface area contributed by atoms with Crippen molar-refractivity contribution in [2.75, 3.05) is 12.4 Å². The van der Waals surface area contributed by atoms with E-state index in [1.165, 1.54) is 15.9 Å². The average Bonchev–Trinajstić information content (AvgIpc) is 3.20. The van der Waals surface area contributed by atoms with Gasteiger partial charge in [-0.05, 0) is 77.6 Å². The first-order valence-corrected chi connectivity index (χ1v) is 13.7. The second-order valence-electron chi connectivity index (χ2n) is 8.50.